The number of thiol groups is 1. The van der Waals surface area contributed by atoms with E-state index in [0.29, 0.717) is 23.0 Å². The van der Waals surface area contributed by atoms with Crippen molar-refractivity contribution in [3.8, 4) is 29.1 Å². The van der Waals surface area contributed by atoms with Crippen LogP contribution < -0.4 is 14.2 Å². The zero-order chi connectivity index (χ0) is 12.0. The molecule has 0 fully saturated rings. The molecule has 1 aromatic carbocycles. The molecule has 0 heterocycles. The first kappa shape index (κ1) is 12.6. The van der Waals surface area contributed by atoms with E-state index in [4.69, 9.17) is 14.2 Å². The Labute approximate surface area is 101 Å². The van der Waals surface area contributed by atoms with Crippen molar-refractivity contribution in [2.24, 2.45) is 0 Å². The van der Waals surface area contributed by atoms with Crippen LogP contribution in [0.3, 0.4) is 0 Å². The molecule has 0 aliphatic rings. The SMILES string of the molecule is COc1cc(C#CCS)cc(OC)c1OC. The summed E-state index contributed by atoms with van der Waals surface area (Å²) in [7, 11) is 4.72. The number of hydrogen-bond acceptors (Lipinski definition) is 4. The van der Waals surface area contributed by atoms with Crippen LogP contribution in [0.2, 0.25) is 0 Å². The molecule has 0 saturated carbocycles. The van der Waals surface area contributed by atoms with Crippen molar-refractivity contribution in [3.05, 3.63) is 17.7 Å². The van der Waals surface area contributed by atoms with E-state index in [-0.39, 0.29) is 0 Å². The molecule has 1 rings (SSSR count). The molecule has 0 N–H and O–H groups in total. The molecular formula is C12H14O3S. The lowest BCUT2D eigenvalue weighted by Gasteiger charge is -2.12. The van der Waals surface area contributed by atoms with Crippen LogP contribution in [0.5, 0.6) is 17.2 Å². The summed E-state index contributed by atoms with van der Waals surface area (Å²) < 4.78 is 15.6. The van der Waals surface area contributed by atoms with E-state index >= 15 is 0 Å². The maximum absolute atomic E-state index is 5.21. The highest BCUT2D eigenvalue weighted by Gasteiger charge is 2.11. The molecule has 0 aromatic heterocycles. The molecule has 0 amide bonds. The Hall–Kier alpha value is -1.47. The molecular weight excluding hydrogens is 224 g/mol. The minimum absolute atomic E-state index is 0.511. The van der Waals surface area contributed by atoms with Crippen LogP contribution in [0.1, 0.15) is 5.56 Å². The lowest BCUT2D eigenvalue weighted by Crippen LogP contribution is -1.95. The lowest BCUT2D eigenvalue weighted by atomic mass is 10.2. The number of rotatable bonds is 3. The van der Waals surface area contributed by atoms with Crippen LogP contribution in [-0.2, 0) is 0 Å². The van der Waals surface area contributed by atoms with Gasteiger partial charge in [-0.15, -0.1) is 0 Å². The van der Waals surface area contributed by atoms with Crippen LogP contribution in [0.15, 0.2) is 12.1 Å². The number of ether oxygens (including phenoxy) is 3. The third-order valence-corrected chi connectivity index (χ3v) is 2.13. The molecule has 0 unspecified atom stereocenters. The first-order chi connectivity index (χ1) is 7.76. The Kier molecular flexibility index (Phi) is 4.87. The number of methoxy groups -OCH3 is 3. The fourth-order valence-corrected chi connectivity index (χ4v) is 1.37. The summed E-state index contributed by atoms with van der Waals surface area (Å²) in [5.74, 6) is 8.11. The average Bonchev–Trinajstić information content (AvgIpc) is 2.34. The maximum atomic E-state index is 5.21. The van der Waals surface area contributed by atoms with E-state index in [1.54, 1.807) is 33.5 Å². The topological polar surface area (TPSA) is 27.7 Å². The van der Waals surface area contributed by atoms with Gasteiger partial charge in [-0.05, 0) is 12.1 Å². The van der Waals surface area contributed by atoms with Gasteiger partial charge in [0.1, 0.15) is 0 Å². The van der Waals surface area contributed by atoms with Gasteiger partial charge in [-0.2, -0.15) is 12.6 Å². The van der Waals surface area contributed by atoms with Gasteiger partial charge in [0.15, 0.2) is 11.5 Å². The van der Waals surface area contributed by atoms with Gasteiger partial charge in [-0.1, -0.05) is 11.8 Å². The van der Waals surface area contributed by atoms with E-state index in [9.17, 15) is 0 Å². The molecule has 0 aliphatic carbocycles. The van der Waals surface area contributed by atoms with Gasteiger partial charge in [0, 0.05) is 5.56 Å². The molecule has 0 radical (unpaired) electrons. The van der Waals surface area contributed by atoms with E-state index < -0.39 is 0 Å². The van der Waals surface area contributed by atoms with Gasteiger partial charge in [0.05, 0.1) is 27.1 Å². The van der Waals surface area contributed by atoms with Gasteiger partial charge in [0.25, 0.3) is 0 Å². The largest absolute Gasteiger partial charge is 0.493 e. The van der Waals surface area contributed by atoms with Crippen molar-refractivity contribution < 1.29 is 14.2 Å². The molecule has 0 spiro atoms. The van der Waals surface area contributed by atoms with Crippen molar-refractivity contribution in [1.29, 1.82) is 0 Å². The highest BCUT2D eigenvalue weighted by Crippen LogP contribution is 2.37. The molecule has 0 aliphatic heterocycles. The minimum atomic E-state index is 0.511. The monoisotopic (exact) mass is 238 g/mol. The molecule has 4 heteroatoms. The zero-order valence-electron chi connectivity index (χ0n) is 9.53. The summed E-state index contributed by atoms with van der Waals surface area (Å²) in [6.45, 7) is 0. The Bertz CT molecular complexity index is 393. The predicted molar refractivity (Wildman–Crippen MR) is 66.8 cm³/mol. The third kappa shape index (κ3) is 2.77. The third-order valence-electron chi connectivity index (χ3n) is 1.98. The summed E-state index contributed by atoms with van der Waals surface area (Å²) >= 11 is 4.03. The Balaban J connectivity index is 3.25. The fourth-order valence-electron chi connectivity index (χ4n) is 1.29. The first-order valence-electron chi connectivity index (χ1n) is 4.66. The summed E-state index contributed by atoms with van der Waals surface area (Å²) in [5.41, 5.74) is 0.809. The second-order valence-corrected chi connectivity index (χ2v) is 3.19. The Morgan fingerprint density at radius 1 is 1.06 bits per heavy atom. The van der Waals surface area contributed by atoms with Gasteiger partial charge in [-0.25, -0.2) is 0 Å². The number of benzene rings is 1. The van der Waals surface area contributed by atoms with Crippen LogP contribution in [0.4, 0.5) is 0 Å². The van der Waals surface area contributed by atoms with E-state index in [1.165, 1.54) is 0 Å². The van der Waals surface area contributed by atoms with E-state index in [0.717, 1.165) is 5.56 Å². The molecule has 16 heavy (non-hydrogen) atoms. The predicted octanol–water partition coefficient (Wildman–Crippen LogP) is 1.99. The minimum Gasteiger partial charge on any atom is -0.493 e. The van der Waals surface area contributed by atoms with Gasteiger partial charge in [-0.3, -0.25) is 0 Å². The fraction of sp³-hybridized carbons (Fsp3) is 0.333. The highest BCUT2D eigenvalue weighted by molar-refractivity contribution is 7.80. The molecule has 86 valence electrons. The van der Waals surface area contributed by atoms with Crippen molar-refractivity contribution in [2.75, 3.05) is 27.1 Å². The quantitative estimate of drug-likeness (QED) is 0.644. The summed E-state index contributed by atoms with van der Waals surface area (Å²) in [6, 6.07) is 3.61. The van der Waals surface area contributed by atoms with Crippen LogP contribution in [-0.4, -0.2) is 27.1 Å². The second-order valence-electron chi connectivity index (χ2n) is 2.87. The first-order valence-corrected chi connectivity index (χ1v) is 5.29. The molecule has 0 saturated heterocycles. The van der Waals surface area contributed by atoms with Crippen molar-refractivity contribution >= 4 is 12.6 Å². The Morgan fingerprint density at radius 3 is 2.00 bits per heavy atom. The van der Waals surface area contributed by atoms with Crippen LogP contribution >= 0.6 is 12.6 Å². The molecule has 0 bridgehead atoms. The number of hydrogen-bond donors (Lipinski definition) is 1. The van der Waals surface area contributed by atoms with Crippen LogP contribution in [0.25, 0.3) is 0 Å². The smallest absolute Gasteiger partial charge is 0.203 e. The molecule has 1 aromatic rings. The maximum Gasteiger partial charge on any atom is 0.203 e. The van der Waals surface area contributed by atoms with Crippen molar-refractivity contribution in [3.63, 3.8) is 0 Å². The summed E-state index contributed by atoms with van der Waals surface area (Å²) in [4.78, 5) is 0. The van der Waals surface area contributed by atoms with Gasteiger partial charge >= 0.3 is 0 Å². The van der Waals surface area contributed by atoms with E-state index in [2.05, 4.69) is 24.5 Å². The summed E-state index contributed by atoms with van der Waals surface area (Å²) in [6.07, 6.45) is 0. The molecule has 0 atom stereocenters. The van der Waals surface area contributed by atoms with Crippen molar-refractivity contribution in [1.82, 2.24) is 0 Å². The second kappa shape index (κ2) is 6.19. The van der Waals surface area contributed by atoms with Crippen LogP contribution in [0, 0.1) is 11.8 Å². The van der Waals surface area contributed by atoms with E-state index in [1.807, 2.05) is 0 Å². The average molecular weight is 238 g/mol. The highest BCUT2D eigenvalue weighted by atomic mass is 32.1. The molecule has 3 nitrogen and oxygen atoms in total. The standard InChI is InChI=1S/C12H14O3S/c1-13-10-7-9(5-4-6-16)8-11(14-2)12(10)15-3/h7-8,16H,6H2,1-3H3. The zero-order valence-corrected chi connectivity index (χ0v) is 10.4. The normalized spacial score (nSPS) is 9.00. The van der Waals surface area contributed by atoms with Gasteiger partial charge < -0.3 is 14.2 Å². The lowest BCUT2D eigenvalue weighted by molar-refractivity contribution is 0.324. The van der Waals surface area contributed by atoms with Crippen molar-refractivity contribution in [2.45, 2.75) is 0 Å². The Morgan fingerprint density at radius 2 is 1.62 bits per heavy atom. The summed E-state index contributed by atoms with van der Waals surface area (Å²) in [5, 5.41) is 0. The van der Waals surface area contributed by atoms with Gasteiger partial charge in [0.2, 0.25) is 5.75 Å².